The summed E-state index contributed by atoms with van der Waals surface area (Å²) in [5.74, 6) is -0.487. The quantitative estimate of drug-likeness (QED) is 0.708. The summed E-state index contributed by atoms with van der Waals surface area (Å²) < 4.78 is 33.4. The minimum Gasteiger partial charge on any atom is -0.462 e. The van der Waals surface area contributed by atoms with Gasteiger partial charge >= 0.3 is 5.97 Å². The van der Waals surface area contributed by atoms with Crippen molar-refractivity contribution in [1.82, 2.24) is 0 Å². The molecule has 0 amide bonds. The van der Waals surface area contributed by atoms with Crippen molar-refractivity contribution in [3.8, 4) is 0 Å². The summed E-state index contributed by atoms with van der Waals surface area (Å²) in [6.45, 7) is 4.51. The molecule has 2 N–H and O–H groups in total. The number of benzene rings is 2. The lowest BCUT2D eigenvalue weighted by Gasteiger charge is -2.15. The number of aryl methyl sites for hydroxylation is 2. The van der Waals surface area contributed by atoms with Crippen LogP contribution in [0, 0.1) is 0 Å². The molecule has 7 heteroatoms. The zero-order valence-electron chi connectivity index (χ0n) is 15.5. The molecule has 1 aliphatic rings. The molecule has 0 heterocycles. The Bertz CT molecular complexity index is 954. The van der Waals surface area contributed by atoms with Crippen LogP contribution in [-0.2, 0) is 27.6 Å². The number of anilines is 2. The second-order valence-electron chi connectivity index (χ2n) is 6.40. The van der Waals surface area contributed by atoms with E-state index in [1.807, 2.05) is 13.0 Å². The number of fused-ring (bicyclic) bond motifs is 1. The first-order valence-corrected chi connectivity index (χ1v) is 10.6. The van der Waals surface area contributed by atoms with Crippen LogP contribution >= 0.6 is 0 Å². The number of esters is 1. The van der Waals surface area contributed by atoms with Gasteiger partial charge in [-0.05, 0) is 74.6 Å². The number of sulfonamides is 1. The molecular formula is C20H24N2O4S. The van der Waals surface area contributed by atoms with E-state index < -0.39 is 16.0 Å². The molecule has 27 heavy (non-hydrogen) atoms. The fourth-order valence-electron chi connectivity index (χ4n) is 3.23. The van der Waals surface area contributed by atoms with Gasteiger partial charge in [-0.3, -0.25) is 4.72 Å². The molecule has 0 unspecified atom stereocenters. The second kappa shape index (κ2) is 8.00. The Balaban J connectivity index is 1.94. The molecule has 0 atom stereocenters. The van der Waals surface area contributed by atoms with Crippen molar-refractivity contribution >= 4 is 27.4 Å². The third-order valence-electron chi connectivity index (χ3n) is 4.52. The largest absolute Gasteiger partial charge is 0.462 e. The monoisotopic (exact) mass is 388 g/mol. The topological polar surface area (TPSA) is 84.5 Å². The standard InChI is InChI=1S/C20H24N2O4S/c1-3-21-18-11-9-16(20(23)26-4-2)13-19(18)22-27(24,25)17-10-8-14-6-5-7-15(14)12-17/h8-13,21-22H,3-7H2,1-2H3. The first-order chi connectivity index (χ1) is 12.9. The van der Waals surface area contributed by atoms with Crippen molar-refractivity contribution in [2.24, 2.45) is 0 Å². The van der Waals surface area contributed by atoms with E-state index in [-0.39, 0.29) is 11.5 Å². The zero-order chi connectivity index (χ0) is 19.4. The summed E-state index contributed by atoms with van der Waals surface area (Å²) >= 11 is 0. The van der Waals surface area contributed by atoms with Crippen LogP contribution in [0.25, 0.3) is 0 Å². The van der Waals surface area contributed by atoms with Gasteiger partial charge in [-0.25, -0.2) is 13.2 Å². The Kier molecular flexibility index (Phi) is 5.70. The predicted octanol–water partition coefficient (Wildman–Crippen LogP) is 3.58. The molecule has 0 radical (unpaired) electrons. The van der Waals surface area contributed by atoms with Gasteiger partial charge in [0.1, 0.15) is 0 Å². The summed E-state index contributed by atoms with van der Waals surface area (Å²) in [4.78, 5) is 12.2. The Morgan fingerprint density at radius 3 is 2.56 bits per heavy atom. The molecule has 2 aromatic carbocycles. The number of nitrogens with one attached hydrogen (secondary N) is 2. The van der Waals surface area contributed by atoms with E-state index >= 15 is 0 Å². The summed E-state index contributed by atoms with van der Waals surface area (Å²) in [5.41, 5.74) is 3.53. The van der Waals surface area contributed by atoms with Crippen LogP contribution < -0.4 is 10.0 Å². The van der Waals surface area contributed by atoms with Gasteiger partial charge in [0, 0.05) is 6.54 Å². The van der Waals surface area contributed by atoms with Gasteiger partial charge in [-0.2, -0.15) is 0 Å². The van der Waals surface area contributed by atoms with Crippen molar-refractivity contribution in [3.63, 3.8) is 0 Å². The fourth-order valence-corrected chi connectivity index (χ4v) is 4.35. The maximum atomic E-state index is 12.9. The van der Waals surface area contributed by atoms with Crippen LogP contribution in [0.2, 0.25) is 0 Å². The lowest BCUT2D eigenvalue weighted by atomic mass is 10.1. The van der Waals surface area contributed by atoms with Crippen molar-refractivity contribution in [1.29, 1.82) is 0 Å². The molecule has 0 saturated heterocycles. The van der Waals surface area contributed by atoms with Gasteiger partial charge in [0.25, 0.3) is 10.0 Å². The summed E-state index contributed by atoms with van der Waals surface area (Å²) in [6.07, 6.45) is 2.95. The van der Waals surface area contributed by atoms with Crippen LogP contribution in [-0.4, -0.2) is 27.5 Å². The minimum absolute atomic E-state index is 0.229. The van der Waals surface area contributed by atoms with Crippen LogP contribution in [0.1, 0.15) is 41.8 Å². The third kappa shape index (κ3) is 4.24. The molecule has 1 aliphatic carbocycles. The molecule has 0 bridgehead atoms. The number of rotatable bonds is 7. The SMILES string of the molecule is CCNc1ccc(C(=O)OCC)cc1NS(=O)(=O)c1ccc2c(c1)CCC2. The lowest BCUT2D eigenvalue weighted by Crippen LogP contribution is -2.16. The molecule has 0 aromatic heterocycles. The van der Waals surface area contributed by atoms with Gasteiger partial charge in [-0.1, -0.05) is 6.07 Å². The molecule has 144 valence electrons. The van der Waals surface area contributed by atoms with Crippen LogP contribution in [0.4, 0.5) is 11.4 Å². The first-order valence-electron chi connectivity index (χ1n) is 9.14. The highest BCUT2D eigenvalue weighted by atomic mass is 32.2. The van der Waals surface area contributed by atoms with Crippen LogP contribution in [0.5, 0.6) is 0 Å². The van der Waals surface area contributed by atoms with Gasteiger partial charge in [0.15, 0.2) is 0 Å². The number of carbonyl (C=O) groups is 1. The summed E-state index contributed by atoms with van der Waals surface area (Å²) in [7, 11) is -3.77. The molecule has 0 fully saturated rings. The molecule has 3 rings (SSSR count). The molecular weight excluding hydrogens is 364 g/mol. The second-order valence-corrected chi connectivity index (χ2v) is 8.08. The Morgan fingerprint density at radius 1 is 1.04 bits per heavy atom. The highest BCUT2D eigenvalue weighted by Crippen LogP contribution is 2.29. The summed E-state index contributed by atoms with van der Waals surface area (Å²) in [6, 6.07) is 10.1. The molecule has 0 saturated carbocycles. The number of carbonyl (C=O) groups excluding carboxylic acids is 1. The Labute approximate surface area is 160 Å². The van der Waals surface area contributed by atoms with E-state index in [1.54, 1.807) is 31.2 Å². The minimum atomic E-state index is -3.77. The smallest absolute Gasteiger partial charge is 0.338 e. The normalized spacial score (nSPS) is 13.1. The molecule has 2 aromatic rings. The maximum Gasteiger partial charge on any atom is 0.338 e. The van der Waals surface area contributed by atoms with Crippen molar-refractivity contribution in [2.75, 3.05) is 23.2 Å². The molecule has 0 spiro atoms. The predicted molar refractivity (Wildman–Crippen MR) is 106 cm³/mol. The van der Waals surface area contributed by atoms with Crippen molar-refractivity contribution in [2.45, 2.75) is 38.0 Å². The van der Waals surface area contributed by atoms with Crippen molar-refractivity contribution < 1.29 is 17.9 Å². The lowest BCUT2D eigenvalue weighted by molar-refractivity contribution is 0.0526. The highest BCUT2D eigenvalue weighted by molar-refractivity contribution is 7.92. The van der Waals surface area contributed by atoms with Gasteiger partial charge in [0.2, 0.25) is 0 Å². The third-order valence-corrected chi connectivity index (χ3v) is 5.89. The highest BCUT2D eigenvalue weighted by Gasteiger charge is 2.20. The van der Waals surface area contributed by atoms with E-state index in [0.29, 0.717) is 23.5 Å². The first kappa shape index (κ1) is 19.2. The average molecular weight is 388 g/mol. The summed E-state index contributed by atoms with van der Waals surface area (Å²) in [5, 5.41) is 3.11. The van der Waals surface area contributed by atoms with E-state index in [0.717, 1.165) is 24.8 Å². The van der Waals surface area contributed by atoms with Crippen molar-refractivity contribution in [3.05, 3.63) is 53.1 Å². The van der Waals surface area contributed by atoms with E-state index in [9.17, 15) is 13.2 Å². The maximum absolute atomic E-state index is 12.9. The van der Waals surface area contributed by atoms with Crippen LogP contribution in [0.15, 0.2) is 41.3 Å². The van der Waals surface area contributed by atoms with Gasteiger partial charge in [0.05, 0.1) is 28.4 Å². The van der Waals surface area contributed by atoms with Gasteiger partial charge < -0.3 is 10.1 Å². The van der Waals surface area contributed by atoms with Crippen LogP contribution in [0.3, 0.4) is 0 Å². The Morgan fingerprint density at radius 2 is 1.81 bits per heavy atom. The van der Waals surface area contributed by atoms with E-state index in [4.69, 9.17) is 4.74 Å². The van der Waals surface area contributed by atoms with E-state index in [1.165, 1.54) is 11.6 Å². The fraction of sp³-hybridized carbons (Fsp3) is 0.350. The Hall–Kier alpha value is -2.54. The molecule has 0 aliphatic heterocycles. The average Bonchev–Trinajstić information content (AvgIpc) is 3.11. The zero-order valence-corrected chi connectivity index (χ0v) is 16.4. The number of hydrogen-bond acceptors (Lipinski definition) is 5. The van der Waals surface area contributed by atoms with Gasteiger partial charge in [-0.15, -0.1) is 0 Å². The van der Waals surface area contributed by atoms with E-state index in [2.05, 4.69) is 10.0 Å². The molecule has 6 nitrogen and oxygen atoms in total. The number of hydrogen-bond donors (Lipinski definition) is 2. The number of ether oxygens (including phenoxy) is 1.